The van der Waals surface area contributed by atoms with Crippen LogP contribution < -0.4 is 5.32 Å². The molecule has 2 aliphatic carbocycles. The van der Waals surface area contributed by atoms with E-state index in [1.54, 1.807) is 0 Å². The number of carbonyl (C=O) groups is 1. The Bertz CT molecular complexity index is 363. The molecule has 102 valence electrons. The van der Waals surface area contributed by atoms with Crippen molar-refractivity contribution < 1.29 is 9.90 Å². The molecule has 1 heterocycles. The lowest BCUT2D eigenvalue weighted by molar-refractivity contribution is -0.155. The van der Waals surface area contributed by atoms with Crippen LogP contribution in [0, 0.1) is 16.7 Å². The van der Waals surface area contributed by atoms with Crippen LogP contribution in [0.25, 0.3) is 0 Å². The summed E-state index contributed by atoms with van der Waals surface area (Å²) in [6, 6.07) is 0. The highest BCUT2D eigenvalue weighted by Gasteiger charge is 2.68. The van der Waals surface area contributed by atoms with Crippen LogP contribution in [0.2, 0.25) is 0 Å². The monoisotopic (exact) mass is 252 g/mol. The third kappa shape index (κ3) is 1.36. The van der Waals surface area contributed by atoms with Gasteiger partial charge in [0, 0.05) is 26.2 Å². The third-order valence-corrected chi connectivity index (χ3v) is 5.92. The second-order valence-electron chi connectivity index (χ2n) is 6.72. The molecule has 4 heteroatoms. The second-order valence-corrected chi connectivity index (χ2v) is 6.72. The first-order valence-corrected chi connectivity index (χ1v) is 7.18. The van der Waals surface area contributed by atoms with Crippen molar-refractivity contribution in [1.82, 2.24) is 10.2 Å². The third-order valence-electron chi connectivity index (χ3n) is 5.92. The van der Waals surface area contributed by atoms with E-state index in [-0.39, 0.29) is 11.3 Å². The Morgan fingerprint density at radius 2 is 2.00 bits per heavy atom. The molecule has 0 unspecified atom stereocenters. The van der Waals surface area contributed by atoms with Gasteiger partial charge in [0.25, 0.3) is 0 Å². The maximum atomic E-state index is 12.9. The van der Waals surface area contributed by atoms with E-state index in [9.17, 15) is 9.90 Å². The number of hydrogen-bond acceptors (Lipinski definition) is 3. The van der Waals surface area contributed by atoms with E-state index in [4.69, 9.17) is 0 Å². The van der Waals surface area contributed by atoms with Crippen LogP contribution in [-0.4, -0.2) is 48.2 Å². The van der Waals surface area contributed by atoms with Crippen LogP contribution in [0.3, 0.4) is 0 Å². The van der Waals surface area contributed by atoms with Gasteiger partial charge in [-0.3, -0.25) is 4.79 Å². The summed E-state index contributed by atoms with van der Waals surface area (Å²) in [6.45, 7) is 7.69. The van der Waals surface area contributed by atoms with Crippen LogP contribution in [0.1, 0.15) is 33.1 Å². The number of nitrogens with zero attached hydrogens (tertiary/aromatic N) is 1. The number of fused-ring (bicyclic) bond motifs is 2. The van der Waals surface area contributed by atoms with Crippen molar-refractivity contribution >= 4 is 5.91 Å². The SMILES string of the molecule is CC1(C)[C@H]2CC[C@]1(C(=O)N1CCNCC1)[C@H](O)C2. The molecule has 4 nitrogen and oxygen atoms in total. The highest BCUT2D eigenvalue weighted by molar-refractivity contribution is 5.85. The van der Waals surface area contributed by atoms with Gasteiger partial charge in [-0.15, -0.1) is 0 Å². The Labute approximate surface area is 109 Å². The van der Waals surface area contributed by atoms with Crippen LogP contribution in [0.15, 0.2) is 0 Å². The van der Waals surface area contributed by atoms with Crippen molar-refractivity contribution in [3.63, 3.8) is 0 Å². The zero-order valence-corrected chi connectivity index (χ0v) is 11.4. The van der Waals surface area contributed by atoms with Gasteiger partial charge in [0.15, 0.2) is 0 Å². The molecular weight excluding hydrogens is 228 g/mol. The number of nitrogens with one attached hydrogen (secondary N) is 1. The summed E-state index contributed by atoms with van der Waals surface area (Å²) in [7, 11) is 0. The average molecular weight is 252 g/mol. The lowest BCUT2D eigenvalue weighted by Gasteiger charge is -2.43. The minimum Gasteiger partial charge on any atom is -0.392 e. The van der Waals surface area contributed by atoms with Crippen LogP contribution in [0.5, 0.6) is 0 Å². The molecule has 2 bridgehead atoms. The summed E-state index contributed by atoms with van der Waals surface area (Å²) in [4.78, 5) is 14.9. The number of piperazine rings is 1. The number of aliphatic hydroxyl groups is 1. The van der Waals surface area contributed by atoms with Gasteiger partial charge in [0.1, 0.15) is 0 Å². The van der Waals surface area contributed by atoms with Crippen LogP contribution in [-0.2, 0) is 4.79 Å². The highest BCUT2D eigenvalue weighted by Crippen LogP contribution is 2.66. The molecule has 0 aromatic heterocycles. The number of hydrogen-bond donors (Lipinski definition) is 2. The van der Waals surface area contributed by atoms with Crippen LogP contribution >= 0.6 is 0 Å². The van der Waals surface area contributed by atoms with E-state index in [1.807, 2.05) is 4.90 Å². The normalized spacial score (nSPS) is 42.3. The first-order valence-electron chi connectivity index (χ1n) is 7.18. The zero-order chi connectivity index (χ0) is 13.0. The van der Waals surface area contributed by atoms with E-state index < -0.39 is 11.5 Å². The first kappa shape index (κ1) is 12.4. The highest BCUT2D eigenvalue weighted by atomic mass is 16.3. The molecule has 3 atom stereocenters. The van der Waals surface area contributed by atoms with Gasteiger partial charge in [0.05, 0.1) is 11.5 Å². The van der Waals surface area contributed by atoms with E-state index in [2.05, 4.69) is 19.2 Å². The summed E-state index contributed by atoms with van der Waals surface area (Å²) in [6.07, 6.45) is 2.34. The predicted molar refractivity (Wildman–Crippen MR) is 69.0 cm³/mol. The second kappa shape index (κ2) is 3.94. The first-order chi connectivity index (χ1) is 8.50. The van der Waals surface area contributed by atoms with Gasteiger partial charge >= 0.3 is 0 Å². The molecule has 1 aliphatic heterocycles. The molecule has 0 radical (unpaired) electrons. The Hall–Kier alpha value is -0.610. The summed E-state index contributed by atoms with van der Waals surface area (Å²) in [5.41, 5.74) is -0.552. The molecule has 0 spiro atoms. The Kier molecular flexibility index (Phi) is 2.72. The van der Waals surface area contributed by atoms with E-state index >= 15 is 0 Å². The molecule has 2 saturated carbocycles. The van der Waals surface area contributed by atoms with E-state index in [1.165, 1.54) is 0 Å². The fourth-order valence-corrected chi connectivity index (χ4v) is 4.60. The van der Waals surface area contributed by atoms with E-state index in [0.29, 0.717) is 5.92 Å². The fourth-order valence-electron chi connectivity index (χ4n) is 4.60. The van der Waals surface area contributed by atoms with Crippen molar-refractivity contribution in [3.05, 3.63) is 0 Å². The van der Waals surface area contributed by atoms with Gasteiger partial charge in [-0.1, -0.05) is 13.8 Å². The van der Waals surface area contributed by atoms with Crippen molar-refractivity contribution in [2.24, 2.45) is 16.7 Å². The van der Waals surface area contributed by atoms with Crippen molar-refractivity contribution in [2.45, 2.75) is 39.2 Å². The van der Waals surface area contributed by atoms with Gasteiger partial charge in [-0.2, -0.15) is 0 Å². The summed E-state index contributed by atoms with van der Waals surface area (Å²) >= 11 is 0. The smallest absolute Gasteiger partial charge is 0.232 e. The van der Waals surface area contributed by atoms with Crippen molar-refractivity contribution in [2.75, 3.05) is 26.2 Å². The minimum atomic E-state index is -0.505. The summed E-state index contributed by atoms with van der Waals surface area (Å²) < 4.78 is 0. The maximum Gasteiger partial charge on any atom is 0.232 e. The lowest BCUT2D eigenvalue weighted by atomic mass is 9.67. The zero-order valence-electron chi connectivity index (χ0n) is 11.4. The summed E-state index contributed by atoms with van der Waals surface area (Å²) in [5, 5.41) is 13.7. The van der Waals surface area contributed by atoms with E-state index in [0.717, 1.165) is 45.4 Å². The molecule has 1 amide bonds. The molecular formula is C14H24N2O2. The maximum absolute atomic E-state index is 12.9. The Balaban J connectivity index is 1.91. The molecule has 0 aromatic rings. The van der Waals surface area contributed by atoms with Crippen molar-refractivity contribution in [1.29, 1.82) is 0 Å². The topological polar surface area (TPSA) is 52.6 Å². The predicted octanol–water partition coefficient (Wildman–Crippen LogP) is 0.605. The summed E-state index contributed by atoms with van der Waals surface area (Å²) in [5.74, 6) is 0.723. The molecule has 1 saturated heterocycles. The number of aliphatic hydroxyl groups excluding tert-OH is 1. The lowest BCUT2D eigenvalue weighted by Crippen LogP contribution is -2.57. The molecule has 18 heavy (non-hydrogen) atoms. The molecule has 3 fully saturated rings. The molecule has 3 rings (SSSR count). The Morgan fingerprint density at radius 3 is 2.50 bits per heavy atom. The quantitative estimate of drug-likeness (QED) is 0.719. The van der Waals surface area contributed by atoms with Gasteiger partial charge in [0.2, 0.25) is 5.91 Å². The van der Waals surface area contributed by atoms with Gasteiger partial charge < -0.3 is 15.3 Å². The average Bonchev–Trinajstić information content (AvgIpc) is 2.73. The molecule has 2 N–H and O–H groups in total. The van der Waals surface area contributed by atoms with Crippen molar-refractivity contribution in [3.8, 4) is 0 Å². The Morgan fingerprint density at radius 1 is 1.33 bits per heavy atom. The fraction of sp³-hybridized carbons (Fsp3) is 0.929. The largest absolute Gasteiger partial charge is 0.392 e. The number of amides is 1. The van der Waals surface area contributed by atoms with Crippen LogP contribution in [0.4, 0.5) is 0 Å². The molecule has 0 aromatic carbocycles. The van der Waals surface area contributed by atoms with Gasteiger partial charge in [-0.25, -0.2) is 0 Å². The standard InChI is InChI=1S/C14H24N2O2/c1-13(2)10-3-4-14(13,11(17)9-10)12(18)16-7-5-15-6-8-16/h10-11,15,17H,3-9H2,1-2H3/t10-,11+,14+/m0/s1. The number of rotatable bonds is 1. The molecule has 3 aliphatic rings. The van der Waals surface area contributed by atoms with Gasteiger partial charge in [-0.05, 0) is 30.6 Å². The number of carbonyl (C=O) groups excluding carboxylic acids is 1. The minimum absolute atomic E-state index is 0.0472.